The van der Waals surface area contributed by atoms with Crippen molar-refractivity contribution in [3.05, 3.63) is 40.9 Å². The first-order chi connectivity index (χ1) is 12.9. The molecule has 0 radical (unpaired) electrons. The molecule has 1 aromatic heterocycles. The van der Waals surface area contributed by atoms with Gasteiger partial charge in [-0.2, -0.15) is 8.78 Å². The summed E-state index contributed by atoms with van der Waals surface area (Å²) in [6.07, 6.45) is 0.368. The highest BCUT2D eigenvalue weighted by molar-refractivity contribution is 7.13. The lowest BCUT2D eigenvalue weighted by molar-refractivity contribution is -0.0707. The molecule has 27 heavy (non-hydrogen) atoms. The molecule has 1 aromatic carbocycles. The van der Waals surface area contributed by atoms with Gasteiger partial charge in [0.15, 0.2) is 5.13 Å². The number of carbonyl (C=O) groups is 1. The number of amides is 1. The molecule has 0 spiro atoms. The molecular formula is C18H21F2N3O3S. The van der Waals surface area contributed by atoms with Gasteiger partial charge in [0.2, 0.25) is 0 Å². The fourth-order valence-corrected chi connectivity index (χ4v) is 3.73. The Morgan fingerprint density at radius 1 is 1.33 bits per heavy atom. The third-order valence-corrected chi connectivity index (χ3v) is 4.80. The lowest BCUT2D eigenvalue weighted by Crippen LogP contribution is -2.44. The number of benzene rings is 1. The molecular weight excluding hydrogens is 376 g/mol. The quantitative estimate of drug-likeness (QED) is 0.807. The van der Waals surface area contributed by atoms with Crippen molar-refractivity contribution in [1.29, 1.82) is 0 Å². The molecule has 2 heterocycles. The average molecular weight is 397 g/mol. The Hall–Kier alpha value is -2.10. The van der Waals surface area contributed by atoms with E-state index in [-0.39, 0.29) is 23.9 Å². The van der Waals surface area contributed by atoms with Crippen LogP contribution in [0.4, 0.5) is 13.9 Å². The van der Waals surface area contributed by atoms with E-state index in [0.29, 0.717) is 17.2 Å². The molecule has 9 heteroatoms. The maximum absolute atomic E-state index is 12.3. The van der Waals surface area contributed by atoms with E-state index in [1.54, 1.807) is 0 Å². The summed E-state index contributed by atoms with van der Waals surface area (Å²) in [6.45, 7) is 3.59. The van der Waals surface area contributed by atoms with Crippen molar-refractivity contribution in [2.24, 2.45) is 0 Å². The van der Waals surface area contributed by atoms with Crippen LogP contribution in [0, 0.1) is 0 Å². The summed E-state index contributed by atoms with van der Waals surface area (Å²) in [4.78, 5) is 19.0. The lowest BCUT2D eigenvalue weighted by Gasteiger charge is -2.34. The predicted molar refractivity (Wildman–Crippen MR) is 98.4 cm³/mol. The SMILES string of the molecule is CC1CN(Cc2csc(NC(=O)c3ccc(OC(F)F)cc3)n2)CC(C)O1. The van der Waals surface area contributed by atoms with E-state index in [1.165, 1.54) is 35.6 Å². The van der Waals surface area contributed by atoms with Crippen LogP contribution in [0.15, 0.2) is 29.6 Å². The van der Waals surface area contributed by atoms with Gasteiger partial charge in [-0.1, -0.05) is 0 Å². The van der Waals surface area contributed by atoms with Gasteiger partial charge in [-0.3, -0.25) is 15.0 Å². The van der Waals surface area contributed by atoms with E-state index in [0.717, 1.165) is 18.8 Å². The summed E-state index contributed by atoms with van der Waals surface area (Å²) < 4.78 is 34.3. The van der Waals surface area contributed by atoms with Crippen molar-refractivity contribution in [2.45, 2.75) is 39.2 Å². The van der Waals surface area contributed by atoms with Crippen molar-refractivity contribution in [1.82, 2.24) is 9.88 Å². The minimum absolute atomic E-state index is 0.00653. The van der Waals surface area contributed by atoms with Crippen LogP contribution in [-0.2, 0) is 11.3 Å². The van der Waals surface area contributed by atoms with Crippen molar-refractivity contribution < 1.29 is 23.0 Å². The van der Waals surface area contributed by atoms with Gasteiger partial charge in [-0.15, -0.1) is 11.3 Å². The molecule has 6 nitrogen and oxygen atoms in total. The van der Waals surface area contributed by atoms with E-state index in [9.17, 15) is 13.6 Å². The molecule has 1 amide bonds. The Labute approximate surface area is 160 Å². The van der Waals surface area contributed by atoms with E-state index >= 15 is 0 Å². The zero-order valence-electron chi connectivity index (χ0n) is 15.0. The molecule has 1 N–H and O–H groups in total. The number of ether oxygens (including phenoxy) is 2. The highest BCUT2D eigenvalue weighted by atomic mass is 32.1. The first kappa shape index (κ1) is 19.7. The summed E-state index contributed by atoms with van der Waals surface area (Å²) in [5.41, 5.74) is 1.22. The monoisotopic (exact) mass is 397 g/mol. The number of hydrogen-bond donors (Lipinski definition) is 1. The highest BCUT2D eigenvalue weighted by Gasteiger charge is 2.22. The second-order valence-corrected chi connectivity index (χ2v) is 7.31. The molecule has 0 saturated carbocycles. The van der Waals surface area contributed by atoms with Crippen LogP contribution < -0.4 is 10.1 Å². The maximum Gasteiger partial charge on any atom is 0.387 e. The van der Waals surface area contributed by atoms with Gasteiger partial charge in [0.1, 0.15) is 5.75 Å². The Morgan fingerprint density at radius 2 is 2.00 bits per heavy atom. The van der Waals surface area contributed by atoms with Crippen molar-refractivity contribution in [3.8, 4) is 5.75 Å². The average Bonchev–Trinajstić information content (AvgIpc) is 3.00. The van der Waals surface area contributed by atoms with Gasteiger partial charge in [0.25, 0.3) is 5.91 Å². The smallest absolute Gasteiger partial charge is 0.387 e. The third-order valence-electron chi connectivity index (χ3n) is 3.99. The number of aromatic nitrogens is 1. The van der Waals surface area contributed by atoms with Crippen LogP contribution >= 0.6 is 11.3 Å². The normalized spacial score (nSPS) is 20.6. The molecule has 2 aromatic rings. The molecule has 1 aliphatic heterocycles. The van der Waals surface area contributed by atoms with Crippen LogP contribution in [0.25, 0.3) is 0 Å². The van der Waals surface area contributed by atoms with Gasteiger partial charge in [-0.05, 0) is 38.1 Å². The number of alkyl halides is 2. The zero-order chi connectivity index (χ0) is 19.4. The Bertz CT molecular complexity index is 759. The number of rotatable bonds is 6. The van der Waals surface area contributed by atoms with Crippen LogP contribution in [0.5, 0.6) is 5.75 Å². The van der Waals surface area contributed by atoms with Crippen LogP contribution in [0.2, 0.25) is 0 Å². The zero-order valence-corrected chi connectivity index (χ0v) is 15.8. The van der Waals surface area contributed by atoms with Gasteiger partial charge >= 0.3 is 6.61 Å². The van der Waals surface area contributed by atoms with E-state index in [1.807, 2.05) is 19.2 Å². The fourth-order valence-electron chi connectivity index (χ4n) is 3.04. The molecule has 2 unspecified atom stereocenters. The first-order valence-corrected chi connectivity index (χ1v) is 9.45. The minimum Gasteiger partial charge on any atom is -0.435 e. The molecule has 0 bridgehead atoms. The summed E-state index contributed by atoms with van der Waals surface area (Å²) in [5.74, 6) is -0.347. The number of anilines is 1. The van der Waals surface area contributed by atoms with Gasteiger partial charge in [-0.25, -0.2) is 4.98 Å². The van der Waals surface area contributed by atoms with Crippen LogP contribution in [-0.4, -0.2) is 47.7 Å². The Kier molecular flexibility index (Phi) is 6.35. The van der Waals surface area contributed by atoms with Gasteiger partial charge < -0.3 is 9.47 Å². The highest BCUT2D eigenvalue weighted by Crippen LogP contribution is 2.21. The second-order valence-electron chi connectivity index (χ2n) is 6.45. The third kappa shape index (κ3) is 5.69. The van der Waals surface area contributed by atoms with Crippen LogP contribution in [0.3, 0.4) is 0 Å². The largest absolute Gasteiger partial charge is 0.435 e. The molecule has 146 valence electrons. The number of morpholine rings is 1. The van der Waals surface area contributed by atoms with E-state index < -0.39 is 6.61 Å². The maximum atomic E-state index is 12.3. The second kappa shape index (κ2) is 8.73. The summed E-state index contributed by atoms with van der Waals surface area (Å²) in [7, 11) is 0. The molecule has 1 fully saturated rings. The Morgan fingerprint density at radius 3 is 2.63 bits per heavy atom. The molecule has 3 rings (SSSR count). The predicted octanol–water partition coefficient (Wildman–Crippen LogP) is 3.61. The van der Waals surface area contributed by atoms with E-state index in [4.69, 9.17) is 4.74 Å². The Balaban J connectivity index is 1.56. The summed E-state index contributed by atoms with van der Waals surface area (Å²) in [6, 6.07) is 5.51. The first-order valence-electron chi connectivity index (χ1n) is 8.57. The van der Waals surface area contributed by atoms with Crippen LogP contribution in [0.1, 0.15) is 29.9 Å². The van der Waals surface area contributed by atoms with E-state index in [2.05, 4.69) is 19.9 Å². The van der Waals surface area contributed by atoms with Crippen molar-refractivity contribution in [3.63, 3.8) is 0 Å². The standard InChI is InChI=1S/C18H21F2N3O3S/c1-11-7-23(8-12(2)25-11)9-14-10-27-18(21-14)22-16(24)13-3-5-15(6-4-13)26-17(19)20/h3-6,10-12,17H,7-9H2,1-2H3,(H,21,22,24). The number of hydrogen-bond acceptors (Lipinski definition) is 6. The number of nitrogens with zero attached hydrogens (tertiary/aromatic N) is 2. The molecule has 0 aliphatic carbocycles. The van der Waals surface area contributed by atoms with Crippen molar-refractivity contribution >= 4 is 22.4 Å². The molecule has 2 atom stereocenters. The number of halogens is 2. The van der Waals surface area contributed by atoms with Crippen molar-refractivity contribution in [2.75, 3.05) is 18.4 Å². The summed E-state index contributed by atoms with van der Waals surface area (Å²) >= 11 is 1.35. The fraction of sp³-hybridized carbons (Fsp3) is 0.444. The minimum atomic E-state index is -2.89. The van der Waals surface area contributed by atoms with Gasteiger partial charge in [0, 0.05) is 30.6 Å². The number of carbonyl (C=O) groups excluding carboxylic acids is 1. The molecule has 1 saturated heterocycles. The van der Waals surface area contributed by atoms with Gasteiger partial charge in [0.05, 0.1) is 17.9 Å². The number of thiazole rings is 1. The number of nitrogens with one attached hydrogen (secondary N) is 1. The topological polar surface area (TPSA) is 63.7 Å². The summed E-state index contributed by atoms with van der Waals surface area (Å²) in [5, 5.41) is 5.14. The molecule has 1 aliphatic rings. The lowest BCUT2D eigenvalue weighted by atomic mass is 10.2.